The molecular weight excluding hydrogens is 296 g/mol. The van der Waals surface area contributed by atoms with Crippen LogP contribution in [0.2, 0.25) is 0 Å². The van der Waals surface area contributed by atoms with Gasteiger partial charge in [-0.25, -0.2) is 4.39 Å². The molecule has 0 aliphatic rings. The molecule has 1 atom stereocenters. The molecule has 0 spiro atoms. The topological polar surface area (TPSA) is 47.9 Å². The second-order valence-corrected chi connectivity index (χ2v) is 4.49. The summed E-state index contributed by atoms with van der Waals surface area (Å²) >= 11 is 9.05. The van der Waals surface area contributed by atoms with Crippen LogP contribution in [0.4, 0.5) is 10.1 Å². The molecular formula is C11H11BrClFNO+. The maximum Gasteiger partial charge on any atom is 0.140 e. The third-order valence-corrected chi connectivity index (χ3v) is 2.71. The number of aliphatic hydroxyl groups is 1. The van der Waals surface area contributed by atoms with Gasteiger partial charge in [0.2, 0.25) is 0 Å². The van der Waals surface area contributed by atoms with Gasteiger partial charge in [0, 0.05) is 10.5 Å². The summed E-state index contributed by atoms with van der Waals surface area (Å²) in [7, 11) is 0. The molecule has 0 amide bonds. The van der Waals surface area contributed by atoms with Gasteiger partial charge in [0.25, 0.3) is 0 Å². The Morgan fingerprint density at radius 1 is 1.62 bits per heavy atom. The monoisotopic (exact) mass is 306 g/mol. The van der Waals surface area contributed by atoms with E-state index in [1.54, 1.807) is 6.07 Å². The third kappa shape index (κ3) is 3.15. The summed E-state index contributed by atoms with van der Waals surface area (Å²) in [6.45, 7) is 3.40. The highest BCUT2D eigenvalue weighted by Crippen LogP contribution is 2.30. The fraction of sp³-hybridized carbons (Fsp3) is 0.0909. The molecule has 0 saturated carbocycles. The number of benzene rings is 1. The van der Waals surface area contributed by atoms with Crippen LogP contribution in [0.1, 0.15) is 5.56 Å². The highest BCUT2D eigenvalue weighted by molar-refractivity contribution is 9.10. The Morgan fingerprint density at radius 2 is 2.25 bits per heavy atom. The molecule has 1 aromatic rings. The van der Waals surface area contributed by atoms with E-state index in [4.69, 9.17) is 11.6 Å². The van der Waals surface area contributed by atoms with Crippen LogP contribution in [0.5, 0.6) is 0 Å². The molecule has 5 heteroatoms. The van der Waals surface area contributed by atoms with Crippen molar-refractivity contribution in [3.63, 3.8) is 0 Å². The average molecular weight is 308 g/mol. The van der Waals surface area contributed by atoms with Gasteiger partial charge in [-0.05, 0) is 12.1 Å². The summed E-state index contributed by atoms with van der Waals surface area (Å²) in [6, 6.07) is 2.94. The Morgan fingerprint density at radius 3 is 2.75 bits per heavy atom. The lowest BCUT2D eigenvalue weighted by Crippen LogP contribution is -2.41. The molecule has 1 rings (SSSR count). The Balaban J connectivity index is 3.23. The minimum atomic E-state index is -0.907. The summed E-state index contributed by atoms with van der Waals surface area (Å²) in [5.74, 6) is -0.489. The van der Waals surface area contributed by atoms with E-state index in [0.717, 1.165) is 0 Å². The van der Waals surface area contributed by atoms with E-state index in [-0.39, 0.29) is 10.6 Å². The van der Waals surface area contributed by atoms with Crippen molar-refractivity contribution in [3.8, 4) is 0 Å². The van der Waals surface area contributed by atoms with Crippen LogP contribution in [0.25, 0.3) is 5.03 Å². The van der Waals surface area contributed by atoms with Gasteiger partial charge in [-0.15, -0.1) is 6.58 Å². The zero-order valence-corrected chi connectivity index (χ0v) is 10.7. The maximum atomic E-state index is 13.6. The number of aliphatic hydroxyl groups excluding tert-OH is 1. The SMILES string of the molecule is C=CC(O)C=C(Cl)c1c([NH3+])cc(Br)cc1F. The molecule has 0 aliphatic heterocycles. The lowest BCUT2D eigenvalue weighted by atomic mass is 10.1. The maximum absolute atomic E-state index is 13.6. The normalized spacial score (nSPS) is 13.7. The first kappa shape index (κ1) is 13.4. The van der Waals surface area contributed by atoms with Crippen LogP contribution >= 0.6 is 27.5 Å². The van der Waals surface area contributed by atoms with Gasteiger partial charge in [0.15, 0.2) is 0 Å². The average Bonchev–Trinajstić information content (AvgIpc) is 2.15. The van der Waals surface area contributed by atoms with E-state index in [2.05, 4.69) is 28.2 Å². The van der Waals surface area contributed by atoms with Gasteiger partial charge in [-0.1, -0.05) is 33.6 Å². The first-order chi connectivity index (χ1) is 7.45. The van der Waals surface area contributed by atoms with Crippen LogP contribution in [0.15, 0.2) is 35.3 Å². The minimum Gasteiger partial charge on any atom is -0.385 e. The van der Waals surface area contributed by atoms with Gasteiger partial charge < -0.3 is 10.8 Å². The highest BCUT2D eigenvalue weighted by Gasteiger charge is 2.14. The van der Waals surface area contributed by atoms with Crippen molar-refractivity contribution in [2.75, 3.05) is 0 Å². The van der Waals surface area contributed by atoms with E-state index in [1.807, 2.05) is 0 Å². The Bertz CT molecular complexity index is 425. The summed E-state index contributed by atoms with van der Waals surface area (Å²) in [6.07, 6.45) is 1.69. The number of quaternary nitrogens is 1. The molecule has 0 radical (unpaired) electrons. The summed E-state index contributed by atoms with van der Waals surface area (Å²) < 4.78 is 14.2. The Hall–Kier alpha value is -0.680. The molecule has 0 aromatic heterocycles. The van der Waals surface area contributed by atoms with Crippen LogP contribution < -0.4 is 5.73 Å². The second kappa shape index (κ2) is 5.59. The molecule has 86 valence electrons. The van der Waals surface area contributed by atoms with Gasteiger partial charge in [-0.2, -0.15) is 0 Å². The first-order valence-electron chi connectivity index (χ1n) is 4.45. The van der Waals surface area contributed by atoms with Gasteiger partial charge >= 0.3 is 0 Å². The molecule has 0 fully saturated rings. The number of hydrogen-bond donors (Lipinski definition) is 2. The smallest absolute Gasteiger partial charge is 0.140 e. The summed E-state index contributed by atoms with van der Waals surface area (Å²) in [5.41, 5.74) is 4.33. The van der Waals surface area contributed by atoms with Crippen molar-refractivity contribution in [1.29, 1.82) is 0 Å². The van der Waals surface area contributed by atoms with E-state index in [0.29, 0.717) is 10.2 Å². The number of halogens is 3. The van der Waals surface area contributed by atoms with Gasteiger partial charge in [0.1, 0.15) is 11.5 Å². The molecule has 0 bridgehead atoms. The largest absolute Gasteiger partial charge is 0.385 e. The fourth-order valence-electron chi connectivity index (χ4n) is 1.20. The predicted octanol–water partition coefficient (Wildman–Crippen LogP) is 2.59. The van der Waals surface area contributed by atoms with Crippen molar-refractivity contribution in [2.24, 2.45) is 0 Å². The van der Waals surface area contributed by atoms with Gasteiger partial charge in [-0.3, -0.25) is 0 Å². The number of rotatable bonds is 3. The Labute approximate surface area is 106 Å². The predicted molar refractivity (Wildman–Crippen MR) is 66.7 cm³/mol. The van der Waals surface area contributed by atoms with Crippen molar-refractivity contribution in [1.82, 2.24) is 0 Å². The first-order valence-corrected chi connectivity index (χ1v) is 5.62. The quantitative estimate of drug-likeness (QED) is 0.829. The zero-order chi connectivity index (χ0) is 12.3. The second-order valence-electron chi connectivity index (χ2n) is 3.16. The minimum absolute atomic E-state index is 0.113. The highest BCUT2D eigenvalue weighted by atomic mass is 79.9. The van der Waals surface area contributed by atoms with Crippen molar-refractivity contribution >= 4 is 38.3 Å². The molecule has 1 aromatic carbocycles. The van der Waals surface area contributed by atoms with E-state index >= 15 is 0 Å². The van der Waals surface area contributed by atoms with Crippen molar-refractivity contribution in [3.05, 3.63) is 46.7 Å². The van der Waals surface area contributed by atoms with Crippen molar-refractivity contribution < 1.29 is 15.2 Å². The zero-order valence-electron chi connectivity index (χ0n) is 8.38. The lowest BCUT2D eigenvalue weighted by molar-refractivity contribution is -0.255. The van der Waals surface area contributed by atoms with Crippen LogP contribution in [-0.4, -0.2) is 11.2 Å². The van der Waals surface area contributed by atoms with Gasteiger partial charge in [0.05, 0.1) is 16.7 Å². The fourth-order valence-corrected chi connectivity index (χ4v) is 2.01. The molecule has 0 heterocycles. The number of hydrogen-bond acceptors (Lipinski definition) is 1. The molecule has 2 nitrogen and oxygen atoms in total. The Kier molecular flexibility index (Phi) is 4.68. The van der Waals surface area contributed by atoms with E-state index in [1.165, 1.54) is 18.2 Å². The van der Waals surface area contributed by atoms with Crippen LogP contribution in [-0.2, 0) is 0 Å². The molecule has 0 saturated heterocycles. The molecule has 1 unspecified atom stereocenters. The van der Waals surface area contributed by atoms with Crippen LogP contribution in [0, 0.1) is 5.82 Å². The molecule has 0 aliphatic carbocycles. The molecule has 16 heavy (non-hydrogen) atoms. The van der Waals surface area contributed by atoms with Crippen molar-refractivity contribution in [2.45, 2.75) is 6.10 Å². The van der Waals surface area contributed by atoms with E-state index < -0.39 is 11.9 Å². The van der Waals surface area contributed by atoms with E-state index in [9.17, 15) is 9.50 Å². The summed E-state index contributed by atoms with van der Waals surface area (Å²) in [5, 5.41) is 9.41. The lowest BCUT2D eigenvalue weighted by Gasteiger charge is -2.05. The summed E-state index contributed by atoms with van der Waals surface area (Å²) in [4.78, 5) is 0. The van der Waals surface area contributed by atoms with Crippen LogP contribution in [0.3, 0.4) is 0 Å². The standard InChI is InChI=1S/C11H10BrClFNO/c1-2-7(16)5-8(13)11-9(14)3-6(12)4-10(11)15/h2-5,7,16H,1,15H2/p+1. The molecule has 4 N–H and O–H groups in total. The third-order valence-electron chi connectivity index (χ3n) is 1.93.